The molecule has 176 valence electrons. The van der Waals surface area contributed by atoms with E-state index in [-0.39, 0.29) is 42.4 Å². The van der Waals surface area contributed by atoms with E-state index in [4.69, 9.17) is 14.3 Å². The van der Waals surface area contributed by atoms with Crippen molar-refractivity contribution in [3.8, 4) is 0 Å². The molecule has 2 bridgehead atoms. The van der Waals surface area contributed by atoms with E-state index in [2.05, 4.69) is 16.4 Å². The van der Waals surface area contributed by atoms with Crippen LogP contribution < -0.4 is 5.32 Å². The number of rotatable bonds is 8. The number of hydrogen-bond acceptors (Lipinski definition) is 5. The fraction of sp³-hybridized carbons (Fsp3) is 0.577. The van der Waals surface area contributed by atoms with Crippen molar-refractivity contribution in [2.24, 2.45) is 5.92 Å². The molecular formula is C26H32N2O5. The number of fused-ring (bicyclic) bond motifs is 2. The Labute approximate surface area is 193 Å². The van der Waals surface area contributed by atoms with Crippen LogP contribution in [0.25, 0.3) is 0 Å². The van der Waals surface area contributed by atoms with Crippen molar-refractivity contribution in [1.29, 1.82) is 0 Å². The zero-order valence-corrected chi connectivity index (χ0v) is 18.9. The van der Waals surface area contributed by atoms with E-state index < -0.39 is 5.97 Å². The standard InChI is InChI=1S/C26H32N2O5/c29-23(30)13-10-16-6-4-5-7-17(16)14-19-21-11-12-22(33-21)24(19)26-28-20(15-32-26)25(31)27-18-8-2-1-3-9-18/h4-7,15,18-19,21-22,24H,1-3,8-14H2,(H,27,31)(H,29,30). The molecule has 3 aliphatic rings. The number of aliphatic carboxylic acids is 1. The van der Waals surface area contributed by atoms with Crippen molar-refractivity contribution in [3.63, 3.8) is 0 Å². The zero-order valence-electron chi connectivity index (χ0n) is 18.9. The Morgan fingerprint density at radius 3 is 2.58 bits per heavy atom. The highest BCUT2D eigenvalue weighted by Gasteiger charge is 2.51. The minimum absolute atomic E-state index is 0.00695. The van der Waals surface area contributed by atoms with Gasteiger partial charge in [-0.1, -0.05) is 43.5 Å². The molecule has 4 unspecified atom stereocenters. The molecule has 0 spiro atoms. The van der Waals surface area contributed by atoms with Crippen molar-refractivity contribution >= 4 is 11.9 Å². The molecule has 3 fully saturated rings. The third kappa shape index (κ3) is 4.83. The topological polar surface area (TPSA) is 102 Å². The van der Waals surface area contributed by atoms with E-state index in [0.717, 1.165) is 56.1 Å². The largest absolute Gasteiger partial charge is 0.481 e. The number of carbonyl (C=O) groups is 2. The molecule has 1 aliphatic carbocycles. The quantitative estimate of drug-likeness (QED) is 0.621. The summed E-state index contributed by atoms with van der Waals surface area (Å²) in [6.07, 6.45) is 10.7. The molecule has 2 N–H and O–H groups in total. The lowest BCUT2D eigenvalue weighted by atomic mass is 9.75. The maximum absolute atomic E-state index is 12.7. The smallest absolute Gasteiger partial charge is 0.303 e. The highest BCUT2D eigenvalue weighted by molar-refractivity contribution is 5.92. The number of hydrogen-bond donors (Lipinski definition) is 2. The predicted octanol–water partition coefficient (Wildman–Crippen LogP) is 4.26. The van der Waals surface area contributed by atoms with Gasteiger partial charge in [-0.15, -0.1) is 0 Å². The highest BCUT2D eigenvalue weighted by atomic mass is 16.5. The van der Waals surface area contributed by atoms with E-state index in [1.54, 1.807) is 0 Å². The van der Waals surface area contributed by atoms with Crippen LogP contribution in [-0.2, 0) is 22.4 Å². The van der Waals surface area contributed by atoms with Gasteiger partial charge in [0.25, 0.3) is 5.91 Å². The Balaban J connectivity index is 1.31. The van der Waals surface area contributed by atoms with Crippen molar-refractivity contribution in [3.05, 3.63) is 53.2 Å². The number of benzene rings is 1. The number of aryl methyl sites for hydroxylation is 1. The molecule has 33 heavy (non-hydrogen) atoms. The van der Waals surface area contributed by atoms with Gasteiger partial charge in [0, 0.05) is 18.4 Å². The first-order chi connectivity index (χ1) is 16.1. The summed E-state index contributed by atoms with van der Waals surface area (Å²) in [6.45, 7) is 0. The summed E-state index contributed by atoms with van der Waals surface area (Å²) in [5.74, 6) is -0.152. The average molecular weight is 453 g/mol. The lowest BCUT2D eigenvalue weighted by Gasteiger charge is -2.26. The summed E-state index contributed by atoms with van der Waals surface area (Å²) in [5.41, 5.74) is 2.58. The fourth-order valence-corrected chi connectivity index (χ4v) is 5.92. The molecule has 7 heteroatoms. The second kappa shape index (κ2) is 9.67. The highest BCUT2D eigenvalue weighted by Crippen LogP contribution is 2.50. The fourth-order valence-electron chi connectivity index (χ4n) is 5.92. The second-order valence-electron chi connectivity index (χ2n) is 9.73. The van der Waals surface area contributed by atoms with Crippen molar-refractivity contribution in [1.82, 2.24) is 10.3 Å². The van der Waals surface area contributed by atoms with Crippen LogP contribution >= 0.6 is 0 Å². The monoisotopic (exact) mass is 452 g/mol. The number of nitrogens with zero attached hydrogens (tertiary/aromatic N) is 1. The average Bonchev–Trinajstić information content (AvgIpc) is 3.56. The summed E-state index contributed by atoms with van der Waals surface area (Å²) in [5, 5.41) is 12.2. The molecular weight excluding hydrogens is 420 g/mol. The minimum atomic E-state index is -0.787. The normalized spacial score (nSPS) is 27.0. The molecule has 1 saturated carbocycles. The number of carbonyl (C=O) groups excluding carboxylic acids is 1. The number of carboxylic acids is 1. The van der Waals surface area contributed by atoms with Gasteiger partial charge in [0.2, 0.25) is 5.89 Å². The van der Waals surface area contributed by atoms with E-state index in [0.29, 0.717) is 18.0 Å². The van der Waals surface area contributed by atoms with Gasteiger partial charge < -0.3 is 19.6 Å². The number of amides is 1. The summed E-state index contributed by atoms with van der Waals surface area (Å²) < 4.78 is 12.1. The number of carboxylic acid groups (broad SMARTS) is 1. The Morgan fingerprint density at radius 1 is 1.03 bits per heavy atom. The molecule has 7 nitrogen and oxygen atoms in total. The van der Waals surface area contributed by atoms with E-state index >= 15 is 0 Å². The van der Waals surface area contributed by atoms with Gasteiger partial charge in [0.1, 0.15) is 6.26 Å². The summed E-state index contributed by atoms with van der Waals surface area (Å²) >= 11 is 0. The molecule has 0 radical (unpaired) electrons. The first-order valence-electron chi connectivity index (χ1n) is 12.3. The van der Waals surface area contributed by atoms with Gasteiger partial charge in [-0.05, 0) is 49.7 Å². The van der Waals surface area contributed by atoms with Crippen LogP contribution in [0, 0.1) is 5.92 Å². The van der Waals surface area contributed by atoms with Crippen LogP contribution in [-0.4, -0.2) is 40.2 Å². The van der Waals surface area contributed by atoms with Crippen LogP contribution in [0.5, 0.6) is 0 Å². The van der Waals surface area contributed by atoms with Crippen molar-refractivity contribution < 1.29 is 23.8 Å². The molecule has 5 rings (SSSR count). The third-order valence-corrected chi connectivity index (χ3v) is 7.59. The van der Waals surface area contributed by atoms with Gasteiger partial charge in [-0.3, -0.25) is 9.59 Å². The van der Waals surface area contributed by atoms with Crippen LogP contribution in [0.1, 0.15) is 84.8 Å². The molecule has 1 aromatic heterocycles. The summed E-state index contributed by atoms with van der Waals surface area (Å²) in [7, 11) is 0. The Hall–Kier alpha value is -2.67. The predicted molar refractivity (Wildman–Crippen MR) is 121 cm³/mol. The first-order valence-corrected chi connectivity index (χ1v) is 12.3. The third-order valence-electron chi connectivity index (χ3n) is 7.59. The van der Waals surface area contributed by atoms with Gasteiger partial charge >= 0.3 is 5.97 Å². The molecule has 2 aromatic rings. The van der Waals surface area contributed by atoms with E-state index in [1.807, 2.05) is 18.2 Å². The molecule has 1 aromatic carbocycles. The zero-order chi connectivity index (χ0) is 22.8. The SMILES string of the molecule is O=C(O)CCc1ccccc1CC1C2CCC(O2)C1c1nc(C(=O)NC2CCCCC2)co1. The maximum atomic E-state index is 12.7. The Bertz CT molecular complexity index is 996. The van der Waals surface area contributed by atoms with Gasteiger partial charge in [-0.25, -0.2) is 4.98 Å². The number of nitrogens with one attached hydrogen (secondary N) is 1. The minimum Gasteiger partial charge on any atom is -0.481 e. The van der Waals surface area contributed by atoms with E-state index in [9.17, 15) is 9.59 Å². The molecule has 2 aliphatic heterocycles. The lowest BCUT2D eigenvalue weighted by molar-refractivity contribution is -0.136. The molecule has 2 saturated heterocycles. The maximum Gasteiger partial charge on any atom is 0.303 e. The van der Waals surface area contributed by atoms with Gasteiger partial charge in [0.05, 0.1) is 18.1 Å². The van der Waals surface area contributed by atoms with Crippen molar-refractivity contribution in [2.45, 2.75) is 88.4 Å². The second-order valence-corrected chi connectivity index (χ2v) is 9.73. The number of aromatic nitrogens is 1. The number of ether oxygens (including phenoxy) is 1. The van der Waals surface area contributed by atoms with Crippen LogP contribution in [0.2, 0.25) is 0 Å². The van der Waals surface area contributed by atoms with Crippen LogP contribution in [0.3, 0.4) is 0 Å². The molecule has 3 heterocycles. The Morgan fingerprint density at radius 2 is 1.79 bits per heavy atom. The Kier molecular flexibility index (Phi) is 6.49. The van der Waals surface area contributed by atoms with Crippen LogP contribution in [0.4, 0.5) is 0 Å². The number of oxazole rings is 1. The molecule has 1 amide bonds. The first kappa shape index (κ1) is 22.1. The van der Waals surface area contributed by atoms with Crippen LogP contribution in [0.15, 0.2) is 34.9 Å². The van der Waals surface area contributed by atoms with Gasteiger partial charge in [0.15, 0.2) is 5.69 Å². The van der Waals surface area contributed by atoms with E-state index in [1.165, 1.54) is 12.7 Å². The van der Waals surface area contributed by atoms with Gasteiger partial charge in [-0.2, -0.15) is 0 Å². The molecule has 4 atom stereocenters. The van der Waals surface area contributed by atoms with Crippen molar-refractivity contribution in [2.75, 3.05) is 0 Å². The summed E-state index contributed by atoms with van der Waals surface area (Å²) in [6, 6.07) is 8.29. The summed E-state index contributed by atoms with van der Waals surface area (Å²) in [4.78, 5) is 28.4. The lowest BCUT2D eigenvalue weighted by Crippen LogP contribution is -2.36.